The van der Waals surface area contributed by atoms with E-state index >= 15 is 0 Å². The topological polar surface area (TPSA) is 72.4 Å². The third kappa shape index (κ3) is 2.00. The quantitative estimate of drug-likeness (QED) is 0.653. The molecule has 0 radical (unpaired) electrons. The van der Waals surface area contributed by atoms with Crippen molar-refractivity contribution in [3.63, 3.8) is 0 Å². The Morgan fingerprint density at radius 2 is 1.89 bits per heavy atom. The van der Waals surface area contributed by atoms with E-state index in [0.717, 1.165) is 18.5 Å². The van der Waals surface area contributed by atoms with Gasteiger partial charge in [0.05, 0.1) is 11.0 Å². The molecule has 5 nitrogen and oxygen atoms in total. The fourth-order valence-electron chi connectivity index (χ4n) is 2.89. The van der Waals surface area contributed by atoms with Crippen molar-refractivity contribution < 1.29 is 4.92 Å². The Hall–Kier alpha value is -1.46. The summed E-state index contributed by atoms with van der Waals surface area (Å²) in [5, 5.41) is 10.7. The lowest BCUT2D eigenvalue weighted by Crippen LogP contribution is -2.33. The van der Waals surface area contributed by atoms with Crippen LogP contribution in [0.15, 0.2) is 24.3 Å². The van der Waals surface area contributed by atoms with Gasteiger partial charge in [0.25, 0.3) is 5.69 Å². The second-order valence-corrected chi connectivity index (χ2v) is 5.22. The van der Waals surface area contributed by atoms with Crippen molar-refractivity contribution in [2.24, 2.45) is 5.73 Å². The van der Waals surface area contributed by atoms with Gasteiger partial charge in [-0.25, -0.2) is 0 Å². The highest BCUT2D eigenvalue weighted by Gasteiger charge is 2.41. The lowest BCUT2D eigenvalue weighted by Gasteiger charge is -2.26. The number of hydrogen-bond acceptors (Lipinski definition) is 4. The van der Waals surface area contributed by atoms with Crippen molar-refractivity contribution in [3.05, 3.63) is 39.9 Å². The molecule has 5 heteroatoms. The van der Waals surface area contributed by atoms with Crippen LogP contribution in [0.5, 0.6) is 0 Å². The average Bonchev–Trinajstić information content (AvgIpc) is 3.13. The Labute approximate surface area is 106 Å². The molecular formula is C13H17N3O2. The summed E-state index contributed by atoms with van der Waals surface area (Å²) >= 11 is 0. The highest BCUT2D eigenvalue weighted by atomic mass is 16.6. The summed E-state index contributed by atoms with van der Waals surface area (Å²) in [5.41, 5.74) is 7.44. The highest BCUT2D eigenvalue weighted by molar-refractivity contribution is 5.35. The van der Waals surface area contributed by atoms with Gasteiger partial charge >= 0.3 is 0 Å². The largest absolute Gasteiger partial charge is 0.326 e. The standard InChI is InChI=1S/C13H17N3O2/c14-12-7-8-15(10-5-6-10)13(12)9-1-3-11(4-2-9)16(17)18/h1-4,10,12-13H,5-8,14H2. The molecule has 2 aliphatic rings. The van der Waals surface area contributed by atoms with Crippen LogP contribution in [0, 0.1) is 10.1 Å². The molecule has 1 aliphatic heterocycles. The summed E-state index contributed by atoms with van der Waals surface area (Å²) in [6, 6.07) is 7.91. The van der Waals surface area contributed by atoms with Crippen LogP contribution in [-0.2, 0) is 0 Å². The first-order chi connectivity index (χ1) is 8.66. The number of nitrogens with two attached hydrogens (primary N) is 1. The van der Waals surface area contributed by atoms with Crippen LogP contribution >= 0.6 is 0 Å². The maximum absolute atomic E-state index is 10.7. The number of hydrogen-bond donors (Lipinski definition) is 1. The molecule has 0 amide bonds. The number of nitro benzene ring substituents is 1. The van der Waals surface area contributed by atoms with Crippen molar-refractivity contribution in [2.45, 2.75) is 37.4 Å². The Kier molecular flexibility index (Phi) is 2.80. The second-order valence-electron chi connectivity index (χ2n) is 5.22. The number of likely N-dealkylation sites (tertiary alicyclic amines) is 1. The van der Waals surface area contributed by atoms with Gasteiger partial charge in [-0.05, 0) is 24.8 Å². The Bertz CT molecular complexity index is 456. The molecule has 1 aliphatic carbocycles. The van der Waals surface area contributed by atoms with Crippen LogP contribution in [-0.4, -0.2) is 28.5 Å². The zero-order chi connectivity index (χ0) is 12.7. The third-order valence-corrected chi connectivity index (χ3v) is 3.94. The van der Waals surface area contributed by atoms with Gasteiger partial charge in [0.2, 0.25) is 0 Å². The van der Waals surface area contributed by atoms with Gasteiger partial charge in [0.15, 0.2) is 0 Å². The number of nitrogens with zero attached hydrogens (tertiary/aromatic N) is 2. The smallest absolute Gasteiger partial charge is 0.269 e. The highest BCUT2D eigenvalue weighted by Crippen LogP contribution is 2.40. The van der Waals surface area contributed by atoms with Gasteiger partial charge in [-0.2, -0.15) is 0 Å². The molecule has 2 fully saturated rings. The summed E-state index contributed by atoms with van der Waals surface area (Å²) in [5.74, 6) is 0. The van der Waals surface area contributed by atoms with E-state index < -0.39 is 0 Å². The van der Waals surface area contributed by atoms with Crippen LogP contribution < -0.4 is 5.73 Å². The van der Waals surface area contributed by atoms with E-state index in [1.807, 2.05) is 12.1 Å². The lowest BCUT2D eigenvalue weighted by molar-refractivity contribution is -0.384. The van der Waals surface area contributed by atoms with E-state index in [1.165, 1.54) is 12.8 Å². The molecule has 0 aromatic heterocycles. The number of nitro groups is 1. The minimum atomic E-state index is -0.364. The lowest BCUT2D eigenvalue weighted by atomic mass is 10.0. The number of non-ortho nitro benzene ring substituents is 1. The van der Waals surface area contributed by atoms with E-state index in [-0.39, 0.29) is 22.7 Å². The van der Waals surface area contributed by atoms with Crippen molar-refractivity contribution in [3.8, 4) is 0 Å². The molecule has 1 heterocycles. The molecule has 2 N–H and O–H groups in total. The van der Waals surface area contributed by atoms with Crippen LogP contribution in [0.3, 0.4) is 0 Å². The molecular weight excluding hydrogens is 230 g/mol. The van der Waals surface area contributed by atoms with Crippen LogP contribution in [0.1, 0.15) is 30.9 Å². The van der Waals surface area contributed by atoms with Crippen LogP contribution in [0.25, 0.3) is 0 Å². The van der Waals surface area contributed by atoms with E-state index in [2.05, 4.69) is 4.90 Å². The predicted molar refractivity (Wildman–Crippen MR) is 68.2 cm³/mol. The normalized spacial score (nSPS) is 28.5. The van der Waals surface area contributed by atoms with Crippen molar-refractivity contribution in [1.29, 1.82) is 0 Å². The van der Waals surface area contributed by atoms with Crippen molar-refractivity contribution in [2.75, 3.05) is 6.54 Å². The molecule has 2 unspecified atom stereocenters. The SMILES string of the molecule is NC1CCN(C2CC2)C1c1ccc([N+](=O)[O-])cc1. The first-order valence-electron chi connectivity index (χ1n) is 6.42. The number of benzene rings is 1. The Morgan fingerprint density at radius 1 is 1.22 bits per heavy atom. The molecule has 1 aromatic rings. The summed E-state index contributed by atoms with van der Waals surface area (Å²) in [6.07, 6.45) is 3.53. The average molecular weight is 247 g/mol. The summed E-state index contributed by atoms with van der Waals surface area (Å²) in [7, 11) is 0. The predicted octanol–water partition coefficient (Wildman–Crippen LogP) is 1.83. The fourth-order valence-corrected chi connectivity index (χ4v) is 2.89. The van der Waals surface area contributed by atoms with Crippen molar-refractivity contribution in [1.82, 2.24) is 4.90 Å². The maximum Gasteiger partial charge on any atom is 0.269 e. The molecule has 1 saturated carbocycles. The third-order valence-electron chi connectivity index (χ3n) is 3.94. The van der Waals surface area contributed by atoms with Gasteiger partial charge in [-0.15, -0.1) is 0 Å². The molecule has 0 bridgehead atoms. The molecule has 18 heavy (non-hydrogen) atoms. The van der Waals surface area contributed by atoms with E-state index in [0.29, 0.717) is 6.04 Å². The first-order valence-corrected chi connectivity index (χ1v) is 6.42. The summed E-state index contributed by atoms with van der Waals surface area (Å²) in [6.45, 7) is 1.05. The Morgan fingerprint density at radius 3 is 2.44 bits per heavy atom. The van der Waals surface area contributed by atoms with Crippen molar-refractivity contribution >= 4 is 5.69 Å². The zero-order valence-electron chi connectivity index (χ0n) is 10.2. The minimum Gasteiger partial charge on any atom is -0.326 e. The second kappa shape index (κ2) is 4.33. The van der Waals surface area contributed by atoms with Crippen LogP contribution in [0.2, 0.25) is 0 Å². The zero-order valence-corrected chi connectivity index (χ0v) is 10.2. The molecule has 3 rings (SSSR count). The van der Waals surface area contributed by atoms with Gasteiger partial charge < -0.3 is 5.73 Å². The first kappa shape index (κ1) is 11.6. The van der Waals surface area contributed by atoms with E-state index in [1.54, 1.807) is 12.1 Å². The fraction of sp³-hybridized carbons (Fsp3) is 0.538. The van der Waals surface area contributed by atoms with Gasteiger partial charge in [0.1, 0.15) is 0 Å². The molecule has 1 aromatic carbocycles. The molecule has 1 saturated heterocycles. The monoisotopic (exact) mass is 247 g/mol. The van der Waals surface area contributed by atoms with E-state index in [4.69, 9.17) is 5.73 Å². The van der Waals surface area contributed by atoms with Gasteiger partial charge in [0, 0.05) is 30.8 Å². The molecule has 96 valence electrons. The Balaban J connectivity index is 1.85. The summed E-state index contributed by atoms with van der Waals surface area (Å²) in [4.78, 5) is 12.8. The van der Waals surface area contributed by atoms with E-state index in [9.17, 15) is 10.1 Å². The van der Waals surface area contributed by atoms with Crippen LogP contribution in [0.4, 0.5) is 5.69 Å². The number of rotatable bonds is 3. The van der Waals surface area contributed by atoms with Gasteiger partial charge in [-0.1, -0.05) is 12.1 Å². The summed E-state index contributed by atoms with van der Waals surface area (Å²) < 4.78 is 0. The molecule has 0 spiro atoms. The molecule has 2 atom stereocenters. The van der Waals surface area contributed by atoms with Gasteiger partial charge in [-0.3, -0.25) is 15.0 Å². The minimum absolute atomic E-state index is 0.142. The maximum atomic E-state index is 10.7.